The number of aliphatic hydroxyl groups excluding tert-OH is 1. The van der Waals surface area contributed by atoms with Crippen molar-refractivity contribution < 1.29 is 9.84 Å². The van der Waals surface area contributed by atoms with Crippen molar-refractivity contribution in [1.29, 1.82) is 0 Å². The Balaban J connectivity index is 2.32. The van der Waals surface area contributed by atoms with Gasteiger partial charge in [-0.25, -0.2) is 0 Å². The second-order valence-electron chi connectivity index (χ2n) is 3.72. The molecule has 1 atom stereocenters. The van der Waals surface area contributed by atoms with Crippen molar-refractivity contribution in [3.8, 4) is 5.75 Å². The molecule has 0 saturated heterocycles. The molecule has 1 unspecified atom stereocenters. The van der Waals surface area contributed by atoms with Crippen LogP contribution >= 0.6 is 15.9 Å². The average Bonchev–Trinajstić information content (AvgIpc) is 2.50. The largest absolute Gasteiger partial charge is 0.492 e. The van der Waals surface area contributed by atoms with E-state index >= 15 is 0 Å². The van der Waals surface area contributed by atoms with Gasteiger partial charge in [-0.2, -0.15) is 0 Å². The maximum absolute atomic E-state index is 9.30. The van der Waals surface area contributed by atoms with Crippen molar-refractivity contribution in [2.24, 2.45) is 0 Å². The van der Waals surface area contributed by atoms with Crippen LogP contribution in [0.5, 0.6) is 5.75 Å². The molecule has 1 aromatic carbocycles. The molecule has 2 nitrogen and oxygen atoms in total. The number of halogens is 1. The summed E-state index contributed by atoms with van der Waals surface area (Å²) in [5.74, 6) is 0.972. The number of rotatable bonds is 2. The first kappa shape index (κ1) is 9.99. The summed E-state index contributed by atoms with van der Waals surface area (Å²) in [7, 11) is 0. The number of aliphatic hydroxyl groups is 1. The van der Waals surface area contributed by atoms with Crippen LogP contribution < -0.4 is 4.74 Å². The van der Waals surface area contributed by atoms with Crippen molar-refractivity contribution in [2.45, 2.75) is 25.9 Å². The van der Waals surface area contributed by atoms with Crippen molar-refractivity contribution in [1.82, 2.24) is 0 Å². The summed E-state index contributed by atoms with van der Waals surface area (Å²) in [6, 6.07) is 4.15. The molecule has 0 aromatic heterocycles. The van der Waals surface area contributed by atoms with E-state index in [-0.39, 0.29) is 6.10 Å². The van der Waals surface area contributed by atoms with Gasteiger partial charge in [0.15, 0.2) is 0 Å². The Kier molecular flexibility index (Phi) is 2.79. The fourth-order valence-electron chi connectivity index (χ4n) is 1.78. The van der Waals surface area contributed by atoms with Gasteiger partial charge in [0.1, 0.15) is 5.75 Å². The maximum Gasteiger partial charge on any atom is 0.136 e. The van der Waals surface area contributed by atoms with Gasteiger partial charge in [-0.1, -0.05) is 6.07 Å². The van der Waals surface area contributed by atoms with E-state index in [0.29, 0.717) is 6.42 Å². The highest BCUT2D eigenvalue weighted by Crippen LogP contribution is 2.35. The molecule has 1 aromatic rings. The molecular weight excluding hydrogens is 244 g/mol. The highest BCUT2D eigenvalue weighted by atomic mass is 79.9. The van der Waals surface area contributed by atoms with E-state index in [1.54, 1.807) is 6.92 Å². The second kappa shape index (κ2) is 3.91. The van der Waals surface area contributed by atoms with Crippen LogP contribution in [0.25, 0.3) is 0 Å². The SMILES string of the molecule is CC(O)Cc1cc(Br)c2c(c1)CCO2. The van der Waals surface area contributed by atoms with Gasteiger partial charge in [-0.05, 0) is 46.5 Å². The lowest BCUT2D eigenvalue weighted by Crippen LogP contribution is -2.04. The third-order valence-corrected chi connectivity index (χ3v) is 2.92. The summed E-state index contributed by atoms with van der Waals surface area (Å²) >= 11 is 3.48. The molecular formula is C11H13BrO2. The topological polar surface area (TPSA) is 29.5 Å². The van der Waals surface area contributed by atoms with Crippen LogP contribution in [0.15, 0.2) is 16.6 Å². The van der Waals surface area contributed by atoms with E-state index in [4.69, 9.17) is 4.74 Å². The molecule has 0 spiro atoms. The Morgan fingerprint density at radius 3 is 3.07 bits per heavy atom. The Labute approximate surface area is 92.0 Å². The summed E-state index contributed by atoms with van der Waals surface area (Å²) < 4.78 is 6.48. The normalized spacial score (nSPS) is 16.2. The summed E-state index contributed by atoms with van der Waals surface area (Å²) in [5, 5.41) is 9.30. The van der Waals surface area contributed by atoms with Crippen LogP contribution in [-0.2, 0) is 12.8 Å². The smallest absolute Gasteiger partial charge is 0.136 e. The van der Waals surface area contributed by atoms with Gasteiger partial charge in [0.05, 0.1) is 17.2 Å². The molecule has 1 heterocycles. The molecule has 3 heteroatoms. The Bertz CT molecular complexity index is 347. The summed E-state index contributed by atoms with van der Waals surface area (Å²) in [6.07, 6.45) is 1.38. The molecule has 0 aliphatic carbocycles. The summed E-state index contributed by atoms with van der Waals surface area (Å²) in [5.41, 5.74) is 2.41. The van der Waals surface area contributed by atoms with Crippen LogP contribution in [0.3, 0.4) is 0 Å². The van der Waals surface area contributed by atoms with E-state index in [9.17, 15) is 5.11 Å². The molecule has 76 valence electrons. The van der Waals surface area contributed by atoms with Crippen molar-refractivity contribution in [2.75, 3.05) is 6.61 Å². The Hall–Kier alpha value is -0.540. The summed E-state index contributed by atoms with van der Waals surface area (Å²) in [4.78, 5) is 0. The van der Waals surface area contributed by atoms with Gasteiger partial charge < -0.3 is 9.84 Å². The van der Waals surface area contributed by atoms with Gasteiger partial charge in [-0.15, -0.1) is 0 Å². The molecule has 2 rings (SSSR count). The quantitative estimate of drug-likeness (QED) is 0.880. The third kappa shape index (κ3) is 1.93. The van der Waals surface area contributed by atoms with E-state index in [2.05, 4.69) is 22.0 Å². The summed E-state index contributed by atoms with van der Waals surface area (Å²) in [6.45, 7) is 2.57. The molecule has 0 saturated carbocycles. The van der Waals surface area contributed by atoms with Gasteiger partial charge in [0.2, 0.25) is 0 Å². The van der Waals surface area contributed by atoms with E-state index < -0.39 is 0 Å². The van der Waals surface area contributed by atoms with Crippen LogP contribution in [0.2, 0.25) is 0 Å². The maximum atomic E-state index is 9.30. The van der Waals surface area contributed by atoms with Gasteiger partial charge in [0, 0.05) is 6.42 Å². The minimum Gasteiger partial charge on any atom is -0.492 e. The van der Waals surface area contributed by atoms with Crippen LogP contribution in [-0.4, -0.2) is 17.8 Å². The van der Waals surface area contributed by atoms with Gasteiger partial charge in [0.25, 0.3) is 0 Å². The first-order chi connectivity index (χ1) is 6.66. The first-order valence-electron chi connectivity index (χ1n) is 4.79. The Morgan fingerprint density at radius 1 is 1.57 bits per heavy atom. The lowest BCUT2D eigenvalue weighted by molar-refractivity contribution is 0.195. The molecule has 1 aliphatic heterocycles. The van der Waals surface area contributed by atoms with Gasteiger partial charge >= 0.3 is 0 Å². The van der Waals surface area contributed by atoms with Crippen molar-refractivity contribution >= 4 is 15.9 Å². The first-order valence-corrected chi connectivity index (χ1v) is 5.58. The minimum atomic E-state index is -0.290. The predicted octanol–water partition coefficient (Wildman–Crippen LogP) is 2.31. The number of fused-ring (bicyclic) bond motifs is 1. The molecule has 0 bridgehead atoms. The number of benzene rings is 1. The molecule has 14 heavy (non-hydrogen) atoms. The zero-order valence-corrected chi connectivity index (χ0v) is 9.67. The lowest BCUT2D eigenvalue weighted by atomic mass is 10.0. The fraction of sp³-hybridized carbons (Fsp3) is 0.455. The number of ether oxygens (including phenoxy) is 1. The van der Waals surface area contributed by atoms with E-state index in [0.717, 1.165) is 28.8 Å². The highest BCUT2D eigenvalue weighted by molar-refractivity contribution is 9.10. The van der Waals surface area contributed by atoms with E-state index in [1.165, 1.54) is 5.56 Å². The van der Waals surface area contributed by atoms with E-state index in [1.807, 2.05) is 6.07 Å². The Morgan fingerprint density at radius 2 is 2.36 bits per heavy atom. The zero-order chi connectivity index (χ0) is 10.1. The van der Waals surface area contributed by atoms with Crippen LogP contribution in [0.4, 0.5) is 0 Å². The fourth-order valence-corrected chi connectivity index (χ4v) is 2.45. The molecule has 0 amide bonds. The molecule has 0 fully saturated rings. The second-order valence-corrected chi connectivity index (χ2v) is 4.57. The third-order valence-electron chi connectivity index (χ3n) is 2.33. The standard InChI is InChI=1S/C11H13BrO2/c1-7(13)4-8-5-9-2-3-14-11(9)10(12)6-8/h5-7,13H,2-4H2,1H3. The number of hydrogen-bond acceptors (Lipinski definition) is 2. The van der Waals surface area contributed by atoms with Crippen molar-refractivity contribution in [3.63, 3.8) is 0 Å². The minimum absolute atomic E-state index is 0.290. The highest BCUT2D eigenvalue weighted by Gasteiger charge is 2.16. The number of hydrogen-bond donors (Lipinski definition) is 1. The monoisotopic (exact) mass is 256 g/mol. The average molecular weight is 257 g/mol. The molecule has 0 radical (unpaired) electrons. The lowest BCUT2D eigenvalue weighted by Gasteiger charge is -2.08. The predicted molar refractivity (Wildman–Crippen MR) is 58.7 cm³/mol. The van der Waals surface area contributed by atoms with Gasteiger partial charge in [-0.3, -0.25) is 0 Å². The zero-order valence-electron chi connectivity index (χ0n) is 8.09. The molecule has 1 N–H and O–H groups in total. The van der Waals surface area contributed by atoms with Crippen molar-refractivity contribution in [3.05, 3.63) is 27.7 Å². The molecule has 1 aliphatic rings. The van der Waals surface area contributed by atoms with Crippen LogP contribution in [0, 0.1) is 0 Å². The van der Waals surface area contributed by atoms with Crippen LogP contribution in [0.1, 0.15) is 18.1 Å².